The van der Waals surface area contributed by atoms with Crippen LogP contribution in [0.3, 0.4) is 0 Å². The van der Waals surface area contributed by atoms with E-state index in [-0.39, 0.29) is 5.82 Å². The molecule has 2 aromatic rings. The molecule has 2 rings (SSSR count). The monoisotopic (exact) mass is 317 g/mol. The lowest BCUT2D eigenvalue weighted by Crippen LogP contribution is -2.38. The first-order valence-electron chi connectivity index (χ1n) is 7.93. The first kappa shape index (κ1) is 17.0. The van der Waals surface area contributed by atoms with Gasteiger partial charge < -0.3 is 10.6 Å². The second kappa shape index (κ2) is 8.92. The third-order valence-corrected chi connectivity index (χ3v) is 3.40. The highest BCUT2D eigenvalue weighted by atomic mass is 19.1. The van der Waals surface area contributed by atoms with Gasteiger partial charge in [-0.1, -0.05) is 12.1 Å². The van der Waals surface area contributed by atoms with E-state index in [0.717, 1.165) is 37.6 Å². The first-order valence-corrected chi connectivity index (χ1v) is 7.93. The van der Waals surface area contributed by atoms with Crippen molar-refractivity contribution in [3.8, 4) is 0 Å². The van der Waals surface area contributed by atoms with E-state index in [4.69, 9.17) is 0 Å². The van der Waals surface area contributed by atoms with Crippen molar-refractivity contribution in [2.45, 2.75) is 33.4 Å². The highest BCUT2D eigenvalue weighted by Gasteiger charge is 2.00. The molecule has 0 saturated carbocycles. The number of aliphatic imine (C=N–C) groups is 1. The number of hydrogen-bond acceptors (Lipinski definition) is 2. The Bertz CT molecular complexity index is 622. The Kier molecular flexibility index (Phi) is 6.59. The Hall–Kier alpha value is -2.37. The summed E-state index contributed by atoms with van der Waals surface area (Å²) in [6.45, 7) is 6.80. The van der Waals surface area contributed by atoms with Gasteiger partial charge in [0, 0.05) is 32.0 Å². The van der Waals surface area contributed by atoms with Gasteiger partial charge in [-0.25, -0.2) is 9.38 Å². The fourth-order valence-corrected chi connectivity index (χ4v) is 2.20. The normalized spacial score (nSPS) is 11.5. The molecule has 0 saturated heterocycles. The second-order valence-corrected chi connectivity index (χ2v) is 5.33. The molecule has 0 bridgehead atoms. The second-order valence-electron chi connectivity index (χ2n) is 5.33. The van der Waals surface area contributed by atoms with Crippen LogP contribution in [0, 0.1) is 12.7 Å². The molecule has 1 heterocycles. The van der Waals surface area contributed by atoms with Crippen LogP contribution in [0.5, 0.6) is 0 Å². The van der Waals surface area contributed by atoms with Gasteiger partial charge in [0.15, 0.2) is 5.96 Å². The summed E-state index contributed by atoms with van der Waals surface area (Å²) >= 11 is 0. The van der Waals surface area contributed by atoms with Crippen molar-refractivity contribution < 1.29 is 4.39 Å². The van der Waals surface area contributed by atoms with Crippen molar-refractivity contribution in [2.75, 3.05) is 13.1 Å². The van der Waals surface area contributed by atoms with Crippen LogP contribution in [0.4, 0.5) is 4.39 Å². The van der Waals surface area contributed by atoms with Gasteiger partial charge in [0.1, 0.15) is 5.82 Å². The van der Waals surface area contributed by atoms with E-state index in [2.05, 4.69) is 20.7 Å². The lowest BCUT2D eigenvalue weighted by Gasteiger charge is -2.11. The van der Waals surface area contributed by atoms with Gasteiger partial charge in [0.25, 0.3) is 0 Å². The Labute approximate surface area is 136 Å². The number of aryl methyl sites for hydroxylation is 2. The van der Waals surface area contributed by atoms with Crippen molar-refractivity contribution in [2.24, 2.45) is 4.99 Å². The molecule has 0 atom stereocenters. The molecule has 0 radical (unpaired) electrons. The predicted octanol–water partition coefficient (Wildman–Crippen LogP) is 2.48. The maximum Gasteiger partial charge on any atom is 0.191 e. The fraction of sp³-hybridized carbons (Fsp3) is 0.412. The number of nitrogens with zero attached hydrogens (tertiary/aromatic N) is 3. The van der Waals surface area contributed by atoms with E-state index in [1.807, 2.05) is 29.9 Å². The molecule has 0 aliphatic carbocycles. The molecule has 0 spiro atoms. The number of benzene rings is 1. The Balaban J connectivity index is 1.82. The quantitative estimate of drug-likeness (QED) is 0.469. The van der Waals surface area contributed by atoms with E-state index in [9.17, 15) is 4.39 Å². The number of halogens is 1. The van der Waals surface area contributed by atoms with Crippen LogP contribution in [0.25, 0.3) is 0 Å². The molecular formula is C17H24FN5. The molecule has 0 fully saturated rings. The topological polar surface area (TPSA) is 54.2 Å². The van der Waals surface area contributed by atoms with Gasteiger partial charge in [0.2, 0.25) is 0 Å². The summed E-state index contributed by atoms with van der Waals surface area (Å²) < 4.78 is 15.2. The Morgan fingerprint density at radius 2 is 2.22 bits per heavy atom. The summed E-state index contributed by atoms with van der Waals surface area (Å²) in [5.74, 6) is 0.594. The lowest BCUT2D eigenvalue weighted by atomic mass is 10.1. The van der Waals surface area contributed by atoms with Crippen LogP contribution in [0.2, 0.25) is 0 Å². The zero-order chi connectivity index (χ0) is 16.5. The molecular weight excluding hydrogens is 293 g/mol. The number of nitrogens with one attached hydrogen (secondary N) is 2. The van der Waals surface area contributed by atoms with Crippen LogP contribution in [0.15, 0.2) is 41.7 Å². The van der Waals surface area contributed by atoms with Crippen molar-refractivity contribution in [1.29, 1.82) is 0 Å². The average molecular weight is 317 g/mol. The minimum atomic E-state index is -0.179. The van der Waals surface area contributed by atoms with Crippen molar-refractivity contribution in [1.82, 2.24) is 20.4 Å². The van der Waals surface area contributed by atoms with Gasteiger partial charge >= 0.3 is 0 Å². The summed E-state index contributed by atoms with van der Waals surface area (Å²) in [6, 6.07) is 7.02. The van der Waals surface area contributed by atoms with E-state index >= 15 is 0 Å². The van der Waals surface area contributed by atoms with Gasteiger partial charge in [-0.15, -0.1) is 0 Å². The Morgan fingerprint density at radius 3 is 2.91 bits per heavy atom. The molecule has 0 aliphatic heterocycles. The zero-order valence-electron chi connectivity index (χ0n) is 13.7. The third-order valence-electron chi connectivity index (χ3n) is 3.40. The molecule has 0 aliphatic rings. The first-order chi connectivity index (χ1) is 11.2. The van der Waals surface area contributed by atoms with Gasteiger partial charge in [-0.2, -0.15) is 5.10 Å². The van der Waals surface area contributed by atoms with Gasteiger partial charge in [-0.05, 0) is 43.5 Å². The molecule has 6 heteroatoms. The maximum absolute atomic E-state index is 13.3. The third kappa shape index (κ3) is 5.73. The number of hydrogen-bond donors (Lipinski definition) is 2. The van der Waals surface area contributed by atoms with Crippen LogP contribution >= 0.6 is 0 Å². The van der Waals surface area contributed by atoms with Crippen molar-refractivity contribution >= 4 is 5.96 Å². The van der Waals surface area contributed by atoms with Gasteiger partial charge in [-0.3, -0.25) is 4.68 Å². The number of rotatable bonds is 7. The maximum atomic E-state index is 13.3. The molecule has 1 aromatic carbocycles. The molecule has 5 nitrogen and oxygen atoms in total. The molecule has 1 aromatic heterocycles. The minimum Gasteiger partial charge on any atom is -0.357 e. The molecule has 124 valence electrons. The predicted molar refractivity (Wildman–Crippen MR) is 90.8 cm³/mol. The SMILES string of the molecule is CCNC(=NCc1ccc(F)c(C)c1)NCCCn1cccn1. The van der Waals surface area contributed by atoms with Crippen LogP contribution in [0.1, 0.15) is 24.5 Å². The molecule has 2 N–H and O–H groups in total. The van der Waals surface area contributed by atoms with E-state index in [0.29, 0.717) is 12.1 Å². The van der Waals surface area contributed by atoms with E-state index in [1.165, 1.54) is 6.07 Å². The summed E-state index contributed by atoms with van der Waals surface area (Å²) in [7, 11) is 0. The summed E-state index contributed by atoms with van der Waals surface area (Å²) in [5, 5.41) is 10.7. The zero-order valence-corrected chi connectivity index (χ0v) is 13.7. The number of aromatic nitrogens is 2. The minimum absolute atomic E-state index is 0.179. The van der Waals surface area contributed by atoms with Gasteiger partial charge in [0.05, 0.1) is 6.54 Å². The molecule has 0 amide bonds. The number of guanidine groups is 1. The standard InChI is InChI=1S/C17H24FN5/c1-3-19-17(20-8-4-10-23-11-5-9-22-23)21-13-15-6-7-16(18)14(2)12-15/h5-7,9,11-12H,3-4,8,10,13H2,1-2H3,(H2,19,20,21). The summed E-state index contributed by atoms with van der Waals surface area (Å²) in [5.41, 5.74) is 1.65. The fourth-order valence-electron chi connectivity index (χ4n) is 2.20. The lowest BCUT2D eigenvalue weighted by molar-refractivity contribution is 0.570. The average Bonchev–Trinajstić information content (AvgIpc) is 3.05. The largest absolute Gasteiger partial charge is 0.357 e. The van der Waals surface area contributed by atoms with Crippen LogP contribution < -0.4 is 10.6 Å². The van der Waals surface area contributed by atoms with E-state index < -0.39 is 0 Å². The Morgan fingerprint density at radius 1 is 1.35 bits per heavy atom. The van der Waals surface area contributed by atoms with Crippen molar-refractivity contribution in [3.05, 3.63) is 53.6 Å². The highest BCUT2D eigenvalue weighted by Crippen LogP contribution is 2.09. The summed E-state index contributed by atoms with van der Waals surface area (Å²) in [6.07, 6.45) is 4.70. The van der Waals surface area contributed by atoms with Crippen LogP contribution in [-0.2, 0) is 13.1 Å². The van der Waals surface area contributed by atoms with Crippen molar-refractivity contribution in [3.63, 3.8) is 0 Å². The highest BCUT2D eigenvalue weighted by molar-refractivity contribution is 5.79. The smallest absolute Gasteiger partial charge is 0.191 e. The van der Waals surface area contributed by atoms with Crippen LogP contribution in [-0.4, -0.2) is 28.8 Å². The van der Waals surface area contributed by atoms with E-state index in [1.54, 1.807) is 19.2 Å². The molecule has 23 heavy (non-hydrogen) atoms. The summed E-state index contributed by atoms with van der Waals surface area (Å²) in [4.78, 5) is 4.54. The molecule has 0 unspecified atom stereocenters.